The molecule has 144 valence electrons. The summed E-state index contributed by atoms with van der Waals surface area (Å²) in [6.45, 7) is 5.00. The van der Waals surface area contributed by atoms with E-state index in [-0.39, 0.29) is 5.75 Å². The summed E-state index contributed by atoms with van der Waals surface area (Å²) < 4.78 is 1.65. The number of phenols is 1. The van der Waals surface area contributed by atoms with Crippen LogP contribution < -0.4 is 5.32 Å². The molecule has 27 heavy (non-hydrogen) atoms. The highest BCUT2D eigenvalue weighted by molar-refractivity contribution is 9.11. The van der Waals surface area contributed by atoms with Gasteiger partial charge in [-0.3, -0.25) is 0 Å². The Balaban J connectivity index is 1.99. The van der Waals surface area contributed by atoms with E-state index in [2.05, 4.69) is 73.5 Å². The summed E-state index contributed by atoms with van der Waals surface area (Å²) in [4.78, 5) is 3.39. The lowest BCUT2D eigenvalue weighted by Gasteiger charge is -2.14. The minimum atomic E-state index is 0.240. The summed E-state index contributed by atoms with van der Waals surface area (Å²) in [5, 5.41) is 15.0. The highest BCUT2D eigenvalue weighted by Crippen LogP contribution is 2.45. The van der Waals surface area contributed by atoms with E-state index >= 15 is 0 Å². The fourth-order valence-electron chi connectivity index (χ4n) is 3.48. The molecule has 3 nitrogen and oxygen atoms in total. The van der Waals surface area contributed by atoms with Gasteiger partial charge >= 0.3 is 0 Å². The number of hydrogen-bond acceptors (Lipinski definition) is 2. The standard InChI is InChI=1S/C22H26Br2N2O/c1-3-5-6-7-8-15-13-26-18-10-9-14(11-16(15)18)20-17(23)12-19(25-4-2)22(27)21(20)24/h9-13,25-27H,3-8H2,1-2H3. The van der Waals surface area contributed by atoms with Crippen LogP contribution in [-0.2, 0) is 6.42 Å². The molecule has 0 amide bonds. The third kappa shape index (κ3) is 4.35. The number of aromatic hydroxyl groups is 1. The van der Waals surface area contributed by atoms with Crippen molar-refractivity contribution in [1.82, 2.24) is 4.98 Å². The van der Waals surface area contributed by atoms with Crippen LogP contribution in [0.1, 0.15) is 45.1 Å². The average Bonchev–Trinajstić information content (AvgIpc) is 3.06. The van der Waals surface area contributed by atoms with E-state index < -0.39 is 0 Å². The fourth-order valence-corrected chi connectivity index (χ4v) is 5.06. The van der Waals surface area contributed by atoms with Gasteiger partial charge in [0, 0.05) is 33.7 Å². The molecule has 1 heterocycles. The van der Waals surface area contributed by atoms with Gasteiger partial charge in [0.25, 0.3) is 0 Å². The zero-order valence-electron chi connectivity index (χ0n) is 15.8. The van der Waals surface area contributed by atoms with Gasteiger partial charge in [-0.15, -0.1) is 0 Å². The zero-order valence-corrected chi connectivity index (χ0v) is 19.0. The van der Waals surface area contributed by atoms with Crippen molar-refractivity contribution in [3.63, 3.8) is 0 Å². The molecule has 0 atom stereocenters. The Hall–Kier alpha value is -1.46. The smallest absolute Gasteiger partial charge is 0.153 e. The lowest BCUT2D eigenvalue weighted by atomic mass is 10.00. The quantitative estimate of drug-likeness (QED) is 0.223. The highest BCUT2D eigenvalue weighted by Gasteiger charge is 2.17. The molecule has 0 saturated heterocycles. The lowest BCUT2D eigenvalue weighted by Crippen LogP contribution is -1.98. The van der Waals surface area contributed by atoms with E-state index in [0.717, 1.165) is 39.8 Å². The van der Waals surface area contributed by atoms with Crippen LogP contribution in [0.25, 0.3) is 22.0 Å². The molecule has 0 aliphatic heterocycles. The van der Waals surface area contributed by atoms with E-state index in [1.54, 1.807) is 0 Å². The maximum Gasteiger partial charge on any atom is 0.153 e. The topological polar surface area (TPSA) is 48.0 Å². The molecule has 1 aromatic heterocycles. The van der Waals surface area contributed by atoms with Crippen molar-refractivity contribution in [3.8, 4) is 16.9 Å². The molecule has 0 fully saturated rings. The van der Waals surface area contributed by atoms with Crippen molar-refractivity contribution in [1.29, 1.82) is 0 Å². The Bertz CT molecular complexity index is 934. The van der Waals surface area contributed by atoms with Crippen molar-refractivity contribution < 1.29 is 5.11 Å². The highest BCUT2D eigenvalue weighted by atomic mass is 79.9. The molecular weight excluding hydrogens is 468 g/mol. The summed E-state index contributed by atoms with van der Waals surface area (Å²) in [5.74, 6) is 0.240. The van der Waals surface area contributed by atoms with Crippen molar-refractivity contribution in [2.75, 3.05) is 11.9 Å². The second-order valence-electron chi connectivity index (χ2n) is 6.86. The van der Waals surface area contributed by atoms with Gasteiger partial charge in [0.15, 0.2) is 5.75 Å². The van der Waals surface area contributed by atoms with E-state index in [4.69, 9.17) is 0 Å². The van der Waals surface area contributed by atoms with Crippen LogP contribution in [0.3, 0.4) is 0 Å². The minimum absolute atomic E-state index is 0.240. The van der Waals surface area contributed by atoms with Crippen LogP contribution in [0.4, 0.5) is 5.69 Å². The average molecular weight is 494 g/mol. The monoisotopic (exact) mass is 492 g/mol. The zero-order chi connectivity index (χ0) is 19.4. The van der Waals surface area contributed by atoms with Crippen molar-refractivity contribution in [2.45, 2.75) is 46.0 Å². The first-order chi connectivity index (χ1) is 13.1. The van der Waals surface area contributed by atoms with Gasteiger partial charge < -0.3 is 15.4 Å². The first-order valence-electron chi connectivity index (χ1n) is 9.62. The molecule has 0 bridgehead atoms. The number of aromatic nitrogens is 1. The van der Waals surface area contributed by atoms with Crippen LogP contribution in [-0.4, -0.2) is 16.6 Å². The SMILES string of the molecule is CCCCCCc1c[nH]c2ccc(-c3c(Br)cc(NCC)c(O)c3Br)cc12. The molecule has 5 heteroatoms. The molecule has 3 rings (SSSR count). The first-order valence-corrected chi connectivity index (χ1v) is 11.2. The largest absolute Gasteiger partial charge is 0.505 e. The van der Waals surface area contributed by atoms with Gasteiger partial charge in [-0.25, -0.2) is 0 Å². The summed E-state index contributed by atoms with van der Waals surface area (Å²) in [7, 11) is 0. The number of hydrogen-bond donors (Lipinski definition) is 3. The number of rotatable bonds is 8. The van der Waals surface area contributed by atoms with Crippen LogP contribution in [0, 0.1) is 0 Å². The number of fused-ring (bicyclic) bond motifs is 1. The Kier molecular flexibility index (Phi) is 6.88. The lowest BCUT2D eigenvalue weighted by molar-refractivity contribution is 0.474. The second-order valence-corrected chi connectivity index (χ2v) is 8.51. The summed E-state index contributed by atoms with van der Waals surface area (Å²) in [6.07, 6.45) is 8.28. The number of unbranched alkanes of at least 4 members (excludes halogenated alkanes) is 3. The van der Waals surface area contributed by atoms with Gasteiger partial charge in [-0.1, -0.05) is 48.2 Å². The molecule has 0 aliphatic carbocycles. The maximum atomic E-state index is 10.6. The van der Waals surface area contributed by atoms with Gasteiger partial charge in [-0.2, -0.15) is 0 Å². The predicted octanol–water partition coefficient (Wildman–Crippen LogP) is 7.62. The molecule has 0 aliphatic rings. The molecular formula is C22H26Br2N2O. The molecule has 2 aromatic carbocycles. The predicted molar refractivity (Wildman–Crippen MR) is 123 cm³/mol. The van der Waals surface area contributed by atoms with Gasteiger partial charge in [-0.05, 0) is 65.0 Å². The second kappa shape index (κ2) is 9.16. The molecule has 0 unspecified atom stereocenters. The number of nitrogens with one attached hydrogen (secondary N) is 2. The first kappa shape index (κ1) is 20.3. The Morgan fingerprint density at radius 2 is 1.89 bits per heavy atom. The third-order valence-electron chi connectivity index (χ3n) is 4.92. The summed E-state index contributed by atoms with van der Waals surface area (Å²) in [6, 6.07) is 8.37. The normalized spacial score (nSPS) is 11.3. The summed E-state index contributed by atoms with van der Waals surface area (Å²) in [5.41, 5.74) is 5.29. The third-order valence-corrected chi connectivity index (χ3v) is 6.31. The number of phenolic OH excluding ortho intramolecular Hbond substituents is 1. The van der Waals surface area contributed by atoms with E-state index in [0.29, 0.717) is 4.47 Å². The van der Waals surface area contributed by atoms with E-state index in [1.165, 1.54) is 36.6 Å². The molecule has 0 saturated carbocycles. The van der Waals surface area contributed by atoms with Crippen LogP contribution in [0.5, 0.6) is 5.75 Å². The molecule has 0 radical (unpaired) electrons. The number of halogens is 2. The number of H-pyrrole nitrogens is 1. The van der Waals surface area contributed by atoms with Crippen LogP contribution in [0.15, 0.2) is 39.4 Å². The number of anilines is 1. The summed E-state index contributed by atoms with van der Waals surface area (Å²) >= 11 is 7.28. The minimum Gasteiger partial charge on any atom is -0.505 e. The molecule has 0 spiro atoms. The van der Waals surface area contributed by atoms with Gasteiger partial charge in [0.1, 0.15) is 0 Å². The van der Waals surface area contributed by atoms with Crippen molar-refractivity contribution in [3.05, 3.63) is 45.0 Å². The molecule has 3 aromatic rings. The Labute approximate surface area is 177 Å². The van der Waals surface area contributed by atoms with E-state index in [1.807, 2.05) is 13.0 Å². The van der Waals surface area contributed by atoms with Gasteiger partial charge in [0.05, 0.1) is 10.2 Å². The maximum absolute atomic E-state index is 10.6. The number of benzene rings is 2. The Morgan fingerprint density at radius 1 is 1.07 bits per heavy atom. The van der Waals surface area contributed by atoms with Gasteiger partial charge in [0.2, 0.25) is 0 Å². The van der Waals surface area contributed by atoms with Crippen molar-refractivity contribution in [2.24, 2.45) is 0 Å². The number of aryl methyl sites for hydroxylation is 1. The fraction of sp³-hybridized carbons (Fsp3) is 0.364. The van der Waals surface area contributed by atoms with Crippen molar-refractivity contribution >= 4 is 48.5 Å². The Morgan fingerprint density at radius 3 is 2.63 bits per heavy atom. The number of aromatic amines is 1. The van der Waals surface area contributed by atoms with Crippen LogP contribution in [0.2, 0.25) is 0 Å². The van der Waals surface area contributed by atoms with E-state index in [9.17, 15) is 5.11 Å². The van der Waals surface area contributed by atoms with Crippen LogP contribution >= 0.6 is 31.9 Å². The molecule has 3 N–H and O–H groups in total.